The predicted octanol–water partition coefficient (Wildman–Crippen LogP) is 2.15. The molecule has 2 aliphatic rings. The molecular weight excluding hydrogens is 202 g/mol. The highest BCUT2D eigenvalue weighted by Gasteiger charge is 2.32. The molecule has 2 aliphatic carbocycles. The van der Waals surface area contributed by atoms with Gasteiger partial charge in [0.15, 0.2) is 5.82 Å². The molecule has 0 spiro atoms. The molecule has 2 fully saturated rings. The van der Waals surface area contributed by atoms with Crippen molar-refractivity contribution in [1.82, 2.24) is 10.1 Å². The van der Waals surface area contributed by atoms with Crippen LogP contribution in [0.5, 0.6) is 0 Å². The molecule has 0 atom stereocenters. The number of nitrogens with two attached hydrogens (primary N) is 1. The highest BCUT2D eigenvalue weighted by atomic mass is 16.5. The summed E-state index contributed by atoms with van der Waals surface area (Å²) in [5, 5.41) is 4.07. The van der Waals surface area contributed by atoms with Gasteiger partial charge >= 0.3 is 0 Å². The minimum Gasteiger partial charge on any atom is -0.339 e. The maximum absolute atomic E-state index is 6.30. The van der Waals surface area contributed by atoms with E-state index in [1.807, 2.05) is 0 Å². The average molecular weight is 221 g/mol. The number of aromatic nitrogens is 2. The predicted molar refractivity (Wildman–Crippen MR) is 60.0 cm³/mol. The molecule has 16 heavy (non-hydrogen) atoms. The van der Waals surface area contributed by atoms with E-state index >= 15 is 0 Å². The van der Waals surface area contributed by atoms with E-state index < -0.39 is 0 Å². The van der Waals surface area contributed by atoms with Gasteiger partial charge in [-0.05, 0) is 25.7 Å². The van der Waals surface area contributed by atoms with Crippen LogP contribution in [0.25, 0.3) is 0 Å². The van der Waals surface area contributed by atoms with E-state index in [0.717, 1.165) is 31.0 Å². The Balaban J connectivity index is 1.67. The molecular formula is C12H19N3O. The lowest BCUT2D eigenvalue weighted by Crippen LogP contribution is -2.38. The summed E-state index contributed by atoms with van der Waals surface area (Å²) in [4.78, 5) is 4.48. The number of hydrogen-bond acceptors (Lipinski definition) is 4. The Morgan fingerprint density at radius 1 is 1.25 bits per heavy atom. The van der Waals surface area contributed by atoms with Crippen molar-refractivity contribution < 1.29 is 4.52 Å². The van der Waals surface area contributed by atoms with Crippen LogP contribution in [-0.4, -0.2) is 15.7 Å². The zero-order chi connectivity index (χ0) is 11.0. The van der Waals surface area contributed by atoms with E-state index in [1.165, 1.54) is 32.1 Å². The van der Waals surface area contributed by atoms with Gasteiger partial charge in [0.2, 0.25) is 5.89 Å². The average Bonchev–Trinajstić information content (AvgIpc) is 2.74. The third kappa shape index (κ3) is 1.86. The van der Waals surface area contributed by atoms with Gasteiger partial charge in [0.05, 0.1) is 0 Å². The van der Waals surface area contributed by atoms with E-state index in [4.69, 9.17) is 10.3 Å². The van der Waals surface area contributed by atoms with Crippen LogP contribution in [-0.2, 0) is 6.42 Å². The van der Waals surface area contributed by atoms with Gasteiger partial charge in [-0.2, -0.15) is 4.98 Å². The van der Waals surface area contributed by atoms with E-state index in [1.54, 1.807) is 0 Å². The maximum Gasteiger partial charge on any atom is 0.228 e. The van der Waals surface area contributed by atoms with E-state index in [9.17, 15) is 0 Å². The van der Waals surface area contributed by atoms with Crippen molar-refractivity contribution in [3.8, 4) is 0 Å². The molecule has 2 N–H and O–H groups in total. The van der Waals surface area contributed by atoms with E-state index in [-0.39, 0.29) is 5.54 Å². The van der Waals surface area contributed by atoms with Crippen molar-refractivity contribution in [3.05, 3.63) is 11.7 Å². The van der Waals surface area contributed by atoms with E-state index in [2.05, 4.69) is 10.1 Å². The van der Waals surface area contributed by atoms with Gasteiger partial charge in [0, 0.05) is 17.9 Å². The smallest absolute Gasteiger partial charge is 0.228 e. The first-order valence-electron chi connectivity index (χ1n) is 6.37. The molecule has 2 saturated carbocycles. The summed E-state index contributed by atoms with van der Waals surface area (Å²) in [5.74, 6) is 2.20. The van der Waals surface area contributed by atoms with Crippen molar-refractivity contribution >= 4 is 0 Å². The third-order valence-electron chi connectivity index (χ3n) is 4.06. The molecule has 3 rings (SSSR count). The Hall–Kier alpha value is -0.900. The van der Waals surface area contributed by atoms with Crippen LogP contribution in [0.3, 0.4) is 0 Å². The summed E-state index contributed by atoms with van der Waals surface area (Å²) < 4.78 is 5.31. The van der Waals surface area contributed by atoms with Crippen LogP contribution in [0.1, 0.15) is 62.6 Å². The van der Waals surface area contributed by atoms with Crippen molar-refractivity contribution in [1.29, 1.82) is 0 Å². The van der Waals surface area contributed by atoms with Crippen molar-refractivity contribution in [2.24, 2.45) is 5.73 Å². The third-order valence-corrected chi connectivity index (χ3v) is 4.06. The lowest BCUT2D eigenvalue weighted by molar-refractivity contribution is 0.319. The fraction of sp³-hybridized carbons (Fsp3) is 0.833. The Morgan fingerprint density at radius 3 is 2.62 bits per heavy atom. The zero-order valence-electron chi connectivity index (χ0n) is 9.61. The first-order valence-corrected chi connectivity index (χ1v) is 6.37. The Bertz CT molecular complexity index is 364. The lowest BCUT2D eigenvalue weighted by Gasteiger charge is -2.21. The van der Waals surface area contributed by atoms with Crippen LogP contribution in [0.4, 0.5) is 0 Å². The number of hydrogen-bond donors (Lipinski definition) is 1. The first kappa shape index (κ1) is 10.3. The van der Waals surface area contributed by atoms with Crippen LogP contribution in [0.2, 0.25) is 0 Å². The molecule has 0 saturated heterocycles. The van der Waals surface area contributed by atoms with Crippen molar-refractivity contribution in [3.63, 3.8) is 0 Å². The first-order chi connectivity index (χ1) is 7.75. The highest BCUT2D eigenvalue weighted by Crippen LogP contribution is 2.35. The summed E-state index contributed by atoms with van der Waals surface area (Å²) in [6.45, 7) is 0. The molecule has 4 nitrogen and oxygen atoms in total. The highest BCUT2D eigenvalue weighted by molar-refractivity contribution is 5.03. The molecule has 88 valence electrons. The molecule has 0 unspecified atom stereocenters. The SMILES string of the molecule is NC1(Cc2nc(C3CCC3)no2)CCCC1. The van der Waals surface area contributed by atoms with Crippen molar-refractivity contribution in [2.75, 3.05) is 0 Å². The Labute approximate surface area is 95.6 Å². The molecule has 0 aromatic carbocycles. The van der Waals surface area contributed by atoms with Gasteiger partial charge in [0.25, 0.3) is 0 Å². The van der Waals surface area contributed by atoms with E-state index in [0.29, 0.717) is 5.92 Å². The molecule has 4 heteroatoms. The van der Waals surface area contributed by atoms with Gasteiger partial charge in [-0.25, -0.2) is 0 Å². The minimum atomic E-state index is -0.0799. The van der Waals surface area contributed by atoms with Crippen molar-refractivity contribution in [2.45, 2.75) is 62.8 Å². The molecule has 0 bridgehead atoms. The number of rotatable bonds is 3. The second-order valence-electron chi connectivity index (χ2n) is 5.42. The summed E-state index contributed by atoms with van der Waals surface area (Å²) >= 11 is 0. The second-order valence-corrected chi connectivity index (χ2v) is 5.42. The second kappa shape index (κ2) is 3.84. The Kier molecular flexibility index (Phi) is 2.46. The summed E-state index contributed by atoms with van der Waals surface area (Å²) in [6.07, 6.45) is 9.14. The summed E-state index contributed by atoms with van der Waals surface area (Å²) in [7, 11) is 0. The summed E-state index contributed by atoms with van der Waals surface area (Å²) in [5.41, 5.74) is 6.22. The molecule has 1 heterocycles. The fourth-order valence-electron chi connectivity index (χ4n) is 2.73. The Morgan fingerprint density at radius 2 is 2.00 bits per heavy atom. The van der Waals surface area contributed by atoms with Gasteiger partial charge in [-0.15, -0.1) is 0 Å². The van der Waals surface area contributed by atoms with Crippen LogP contribution in [0.15, 0.2) is 4.52 Å². The fourth-order valence-corrected chi connectivity index (χ4v) is 2.73. The van der Waals surface area contributed by atoms with Crippen LogP contribution in [0, 0.1) is 0 Å². The maximum atomic E-state index is 6.30. The summed E-state index contributed by atoms with van der Waals surface area (Å²) in [6, 6.07) is 0. The normalized spacial score (nSPS) is 24.6. The molecule has 0 aliphatic heterocycles. The molecule has 1 aromatic rings. The van der Waals surface area contributed by atoms with Gasteiger partial charge in [0.1, 0.15) is 0 Å². The number of nitrogens with zero attached hydrogens (tertiary/aromatic N) is 2. The molecule has 0 radical (unpaired) electrons. The monoisotopic (exact) mass is 221 g/mol. The van der Waals surface area contributed by atoms with Gasteiger partial charge < -0.3 is 10.3 Å². The van der Waals surface area contributed by atoms with Gasteiger partial charge in [-0.3, -0.25) is 0 Å². The van der Waals surface area contributed by atoms with Crippen LogP contribution < -0.4 is 5.73 Å². The standard InChI is InChI=1S/C12H19N3O/c13-12(6-1-2-7-12)8-10-14-11(15-16-10)9-4-3-5-9/h9H,1-8,13H2. The minimum absolute atomic E-state index is 0.0799. The molecule has 0 amide bonds. The molecule has 1 aromatic heterocycles. The lowest BCUT2D eigenvalue weighted by atomic mass is 9.85. The largest absolute Gasteiger partial charge is 0.339 e. The van der Waals surface area contributed by atoms with Gasteiger partial charge in [-0.1, -0.05) is 24.4 Å². The quantitative estimate of drug-likeness (QED) is 0.849. The van der Waals surface area contributed by atoms with Crippen LogP contribution >= 0.6 is 0 Å². The zero-order valence-corrected chi connectivity index (χ0v) is 9.61. The topological polar surface area (TPSA) is 64.9 Å².